The summed E-state index contributed by atoms with van der Waals surface area (Å²) in [6.07, 6.45) is 0. The second-order valence-corrected chi connectivity index (χ2v) is 4.31. The van der Waals surface area contributed by atoms with Crippen LogP contribution in [0.3, 0.4) is 0 Å². The topological polar surface area (TPSA) is 47.1 Å². The first-order valence-electron chi connectivity index (χ1n) is 6.15. The number of H-pyrrole nitrogens is 1. The van der Waals surface area contributed by atoms with E-state index >= 15 is 0 Å². The van der Waals surface area contributed by atoms with Crippen molar-refractivity contribution in [1.82, 2.24) is 9.97 Å². The maximum atomic E-state index is 13.1. The number of benzene rings is 2. The van der Waals surface area contributed by atoms with Crippen molar-refractivity contribution in [1.29, 1.82) is 0 Å². The van der Waals surface area contributed by atoms with E-state index in [-0.39, 0.29) is 5.82 Å². The number of aromatic amines is 1. The molecule has 0 fully saturated rings. The quantitative estimate of drug-likeness (QED) is 0.792. The van der Waals surface area contributed by atoms with Gasteiger partial charge in [0.1, 0.15) is 29.7 Å². The lowest BCUT2D eigenvalue weighted by molar-refractivity contribution is 0.297. The summed E-state index contributed by atoms with van der Waals surface area (Å²) in [5.74, 6) is 1.86. The van der Waals surface area contributed by atoms with E-state index < -0.39 is 0 Å². The Balaban J connectivity index is 1.72. The molecule has 102 valence electrons. The summed E-state index contributed by atoms with van der Waals surface area (Å²) in [5.41, 5.74) is 1.39. The zero-order chi connectivity index (χ0) is 13.9. The average molecular weight is 272 g/mol. The number of halogens is 1. The highest BCUT2D eigenvalue weighted by Gasteiger charge is 2.04. The zero-order valence-corrected chi connectivity index (χ0v) is 10.9. The number of imidazole rings is 1. The Morgan fingerprint density at radius 2 is 1.85 bits per heavy atom. The summed E-state index contributed by atoms with van der Waals surface area (Å²) >= 11 is 0. The largest absolute Gasteiger partial charge is 0.497 e. The van der Waals surface area contributed by atoms with Crippen LogP contribution in [-0.2, 0) is 6.61 Å². The number of hydrogen-bond donors (Lipinski definition) is 1. The molecule has 0 radical (unpaired) electrons. The average Bonchev–Trinajstić information content (AvgIpc) is 2.87. The van der Waals surface area contributed by atoms with Crippen LogP contribution in [0.4, 0.5) is 4.39 Å². The van der Waals surface area contributed by atoms with Gasteiger partial charge in [-0.25, -0.2) is 9.37 Å². The van der Waals surface area contributed by atoms with Crippen LogP contribution in [0.15, 0.2) is 42.5 Å². The third-order valence-electron chi connectivity index (χ3n) is 2.93. The van der Waals surface area contributed by atoms with Gasteiger partial charge in [-0.3, -0.25) is 0 Å². The molecule has 2 aromatic carbocycles. The fourth-order valence-electron chi connectivity index (χ4n) is 1.93. The van der Waals surface area contributed by atoms with E-state index in [4.69, 9.17) is 9.47 Å². The molecule has 3 rings (SSSR count). The zero-order valence-electron chi connectivity index (χ0n) is 10.9. The monoisotopic (exact) mass is 272 g/mol. The second-order valence-electron chi connectivity index (χ2n) is 4.31. The van der Waals surface area contributed by atoms with Crippen LogP contribution < -0.4 is 9.47 Å². The molecule has 0 unspecified atom stereocenters. The van der Waals surface area contributed by atoms with Gasteiger partial charge >= 0.3 is 0 Å². The van der Waals surface area contributed by atoms with Crippen molar-refractivity contribution in [3.05, 3.63) is 54.1 Å². The van der Waals surface area contributed by atoms with E-state index in [2.05, 4.69) is 9.97 Å². The molecule has 0 aliphatic heterocycles. The van der Waals surface area contributed by atoms with Gasteiger partial charge in [-0.15, -0.1) is 0 Å². The molecule has 20 heavy (non-hydrogen) atoms. The number of ether oxygens (including phenoxy) is 2. The number of nitrogens with one attached hydrogen (secondary N) is 1. The Kier molecular flexibility index (Phi) is 3.25. The number of rotatable bonds is 4. The van der Waals surface area contributed by atoms with Crippen LogP contribution in [0.5, 0.6) is 11.5 Å². The normalized spacial score (nSPS) is 10.7. The van der Waals surface area contributed by atoms with Gasteiger partial charge in [0.05, 0.1) is 18.1 Å². The van der Waals surface area contributed by atoms with Gasteiger partial charge in [-0.2, -0.15) is 0 Å². The lowest BCUT2D eigenvalue weighted by atomic mass is 10.3. The molecule has 1 N–H and O–H groups in total. The van der Waals surface area contributed by atoms with E-state index in [0.29, 0.717) is 17.9 Å². The van der Waals surface area contributed by atoms with Crippen molar-refractivity contribution in [3.8, 4) is 11.5 Å². The van der Waals surface area contributed by atoms with Crippen molar-refractivity contribution in [2.75, 3.05) is 7.11 Å². The van der Waals surface area contributed by atoms with Gasteiger partial charge in [0, 0.05) is 0 Å². The summed E-state index contributed by atoms with van der Waals surface area (Å²) in [6.45, 7) is 0.294. The van der Waals surface area contributed by atoms with Crippen molar-refractivity contribution in [2.45, 2.75) is 6.61 Å². The van der Waals surface area contributed by atoms with Crippen LogP contribution in [0.25, 0.3) is 11.0 Å². The first kappa shape index (κ1) is 12.5. The van der Waals surface area contributed by atoms with Gasteiger partial charge in [-0.1, -0.05) is 0 Å². The number of hydrogen-bond acceptors (Lipinski definition) is 3. The SMILES string of the molecule is COc1ccc(OCc2nc3ccc(F)cc3[nH]2)cc1. The molecule has 0 saturated carbocycles. The summed E-state index contributed by atoms with van der Waals surface area (Å²) in [7, 11) is 1.61. The predicted octanol–water partition coefficient (Wildman–Crippen LogP) is 3.29. The van der Waals surface area contributed by atoms with E-state index in [9.17, 15) is 4.39 Å². The van der Waals surface area contributed by atoms with Crippen molar-refractivity contribution in [2.24, 2.45) is 0 Å². The van der Waals surface area contributed by atoms with Crippen LogP contribution >= 0.6 is 0 Å². The standard InChI is InChI=1S/C15H13FN2O2/c1-19-11-3-5-12(6-4-11)20-9-15-17-13-7-2-10(16)8-14(13)18-15/h2-8H,9H2,1H3,(H,17,18). The molecule has 0 aliphatic rings. The highest BCUT2D eigenvalue weighted by atomic mass is 19.1. The Bertz CT molecular complexity index is 722. The minimum Gasteiger partial charge on any atom is -0.497 e. The molecular weight excluding hydrogens is 259 g/mol. The van der Waals surface area contributed by atoms with Gasteiger partial charge in [0.2, 0.25) is 0 Å². The predicted molar refractivity (Wildman–Crippen MR) is 73.4 cm³/mol. The Morgan fingerprint density at radius 1 is 1.10 bits per heavy atom. The summed E-state index contributed by atoms with van der Waals surface area (Å²) in [6, 6.07) is 11.7. The Morgan fingerprint density at radius 3 is 2.60 bits per heavy atom. The van der Waals surface area contributed by atoms with Gasteiger partial charge in [0.15, 0.2) is 0 Å². The molecule has 3 aromatic rings. The number of fused-ring (bicyclic) bond motifs is 1. The maximum Gasteiger partial charge on any atom is 0.146 e. The maximum absolute atomic E-state index is 13.1. The molecule has 1 heterocycles. The number of nitrogens with zero attached hydrogens (tertiary/aromatic N) is 1. The third-order valence-corrected chi connectivity index (χ3v) is 2.93. The molecule has 0 saturated heterocycles. The second kappa shape index (κ2) is 5.21. The molecule has 5 heteroatoms. The van der Waals surface area contributed by atoms with Crippen LogP contribution in [0.1, 0.15) is 5.82 Å². The van der Waals surface area contributed by atoms with Crippen molar-refractivity contribution < 1.29 is 13.9 Å². The van der Waals surface area contributed by atoms with Crippen LogP contribution in [0.2, 0.25) is 0 Å². The minimum atomic E-state index is -0.288. The van der Waals surface area contributed by atoms with Crippen molar-refractivity contribution in [3.63, 3.8) is 0 Å². The smallest absolute Gasteiger partial charge is 0.146 e. The minimum absolute atomic E-state index is 0.288. The van der Waals surface area contributed by atoms with E-state index in [1.165, 1.54) is 12.1 Å². The van der Waals surface area contributed by atoms with E-state index in [0.717, 1.165) is 17.0 Å². The lowest BCUT2D eigenvalue weighted by Crippen LogP contribution is -1.97. The number of methoxy groups -OCH3 is 1. The fraction of sp³-hybridized carbons (Fsp3) is 0.133. The first-order chi connectivity index (χ1) is 9.74. The van der Waals surface area contributed by atoms with Crippen LogP contribution in [0, 0.1) is 5.82 Å². The summed E-state index contributed by atoms with van der Waals surface area (Å²) < 4.78 is 23.8. The van der Waals surface area contributed by atoms with E-state index in [1.54, 1.807) is 13.2 Å². The third kappa shape index (κ3) is 2.56. The summed E-state index contributed by atoms with van der Waals surface area (Å²) in [4.78, 5) is 7.36. The molecule has 0 aliphatic carbocycles. The Labute approximate surface area is 115 Å². The summed E-state index contributed by atoms with van der Waals surface area (Å²) in [5, 5.41) is 0. The van der Waals surface area contributed by atoms with Gasteiger partial charge < -0.3 is 14.5 Å². The molecular formula is C15H13FN2O2. The molecule has 4 nitrogen and oxygen atoms in total. The highest BCUT2D eigenvalue weighted by molar-refractivity contribution is 5.74. The lowest BCUT2D eigenvalue weighted by Gasteiger charge is -2.05. The van der Waals surface area contributed by atoms with Gasteiger partial charge in [0.25, 0.3) is 0 Å². The van der Waals surface area contributed by atoms with Crippen LogP contribution in [-0.4, -0.2) is 17.1 Å². The Hall–Kier alpha value is -2.56. The van der Waals surface area contributed by atoms with Gasteiger partial charge in [-0.05, 0) is 42.5 Å². The first-order valence-corrected chi connectivity index (χ1v) is 6.15. The molecule has 0 atom stereocenters. The molecule has 0 spiro atoms. The fourth-order valence-corrected chi connectivity index (χ4v) is 1.93. The molecule has 1 aromatic heterocycles. The van der Waals surface area contributed by atoms with E-state index in [1.807, 2.05) is 24.3 Å². The number of aromatic nitrogens is 2. The highest BCUT2D eigenvalue weighted by Crippen LogP contribution is 2.19. The van der Waals surface area contributed by atoms with Crippen molar-refractivity contribution >= 4 is 11.0 Å². The molecule has 0 amide bonds. The molecule has 0 bridgehead atoms.